The van der Waals surface area contributed by atoms with Gasteiger partial charge in [-0.3, -0.25) is 4.79 Å². The summed E-state index contributed by atoms with van der Waals surface area (Å²) in [6, 6.07) is 5.52. The van der Waals surface area contributed by atoms with E-state index in [0.29, 0.717) is 11.5 Å². The third-order valence-corrected chi connectivity index (χ3v) is 3.16. The highest BCUT2D eigenvalue weighted by Crippen LogP contribution is 2.13. The van der Waals surface area contributed by atoms with E-state index in [1.807, 2.05) is 32.0 Å². The Hall–Kier alpha value is -1.35. The van der Waals surface area contributed by atoms with Crippen LogP contribution in [0.15, 0.2) is 18.2 Å². The lowest BCUT2D eigenvalue weighted by molar-refractivity contribution is 0.0907. The van der Waals surface area contributed by atoms with Crippen LogP contribution in [0.2, 0.25) is 0 Å². The molecule has 18 heavy (non-hydrogen) atoms. The Kier molecular flexibility index (Phi) is 5.35. The SMILES string of the molecule is Cc1cccc(C(=O)NC(CO)CC(C)C)c1C. The highest BCUT2D eigenvalue weighted by atomic mass is 16.3. The minimum absolute atomic E-state index is 0.0191. The second-order valence-electron chi connectivity index (χ2n) is 5.23. The molecule has 0 aliphatic heterocycles. The summed E-state index contributed by atoms with van der Waals surface area (Å²) < 4.78 is 0. The molecule has 0 aromatic heterocycles. The smallest absolute Gasteiger partial charge is 0.251 e. The van der Waals surface area contributed by atoms with E-state index in [2.05, 4.69) is 19.2 Å². The number of hydrogen-bond donors (Lipinski definition) is 2. The number of nitrogens with one attached hydrogen (secondary N) is 1. The number of carbonyl (C=O) groups is 1. The predicted octanol–water partition coefficient (Wildman–Crippen LogP) is 2.44. The molecule has 2 N–H and O–H groups in total. The molecule has 0 spiro atoms. The monoisotopic (exact) mass is 249 g/mol. The zero-order valence-corrected chi connectivity index (χ0v) is 11.7. The largest absolute Gasteiger partial charge is 0.394 e. The lowest BCUT2D eigenvalue weighted by Crippen LogP contribution is -2.38. The summed E-state index contributed by atoms with van der Waals surface area (Å²) in [6.07, 6.45) is 0.785. The van der Waals surface area contributed by atoms with Gasteiger partial charge in [0.15, 0.2) is 0 Å². The molecule has 0 radical (unpaired) electrons. The second kappa shape index (κ2) is 6.55. The predicted molar refractivity (Wildman–Crippen MR) is 73.7 cm³/mol. The first-order valence-electron chi connectivity index (χ1n) is 6.43. The van der Waals surface area contributed by atoms with Crippen molar-refractivity contribution in [2.45, 2.75) is 40.2 Å². The third kappa shape index (κ3) is 3.84. The molecule has 3 heteroatoms. The fraction of sp³-hybridized carbons (Fsp3) is 0.533. The van der Waals surface area contributed by atoms with Crippen molar-refractivity contribution in [3.8, 4) is 0 Å². The Bertz CT molecular complexity index is 413. The Morgan fingerprint density at radius 2 is 2.00 bits per heavy atom. The van der Waals surface area contributed by atoms with Gasteiger partial charge < -0.3 is 10.4 Å². The van der Waals surface area contributed by atoms with Crippen molar-refractivity contribution in [3.05, 3.63) is 34.9 Å². The molecule has 0 aliphatic carbocycles. The van der Waals surface area contributed by atoms with E-state index in [-0.39, 0.29) is 18.6 Å². The lowest BCUT2D eigenvalue weighted by atomic mass is 10.0. The van der Waals surface area contributed by atoms with Crippen LogP contribution < -0.4 is 5.32 Å². The van der Waals surface area contributed by atoms with Gasteiger partial charge in [-0.15, -0.1) is 0 Å². The van der Waals surface area contributed by atoms with Crippen LogP contribution in [-0.2, 0) is 0 Å². The third-order valence-electron chi connectivity index (χ3n) is 3.16. The molecule has 1 rings (SSSR count). The van der Waals surface area contributed by atoms with Gasteiger partial charge in [0, 0.05) is 5.56 Å². The van der Waals surface area contributed by atoms with Crippen molar-refractivity contribution < 1.29 is 9.90 Å². The quantitative estimate of drug-likeness (QED) is 0.842. The molecular formula is C15H23NO2. The van der Waals surface area contributed by atoms with E-state index >= 15 is 0 Å². The zero-order valence-electron chi connectivity index (χ0n) is 11.7. The van der Waals surface area contributed by atoms with Crippen molar-refractivity contribution in [2.24, 2.45) is 5.92 Å². The summed E-state index contributed by atoms with van der Waals surface area (Å²) in [5.74, 6) is 0.344. The minimum atomic E-state index is -0.169. The number of amides is 1. The van der Waals surface area contributed by atoms with E-state index in [1.54, 1.807) is 0 Å². The number of aliphatic hydroxyl groups excluding tert-OH is 1. The van der Waals surface area contributed by atoms with Crippen molar-refractivity contribution >= 4 is 5.91 Å². The maximum Gasteiger partial charge on any atom is 0.251 e. The molecule has 1 aromatic rings. The van der Waals surface area contributed by atoms with Crippen molar-refractivity contribution in [1.82, 2.24) is 5.32 Å². The molecule has 0 fully saturated rings. The van der Waals surface area contributed by atoms with Gasteiger partial charge in [-0.1, -0.05) is 26.0 Å². The number of hydrogen-bond acceptors (Lipinski definition) is 2. The van der Waals surface area contributed by atoms with Crippen LogP contribution in [0.1, 0.15) is 41.8 Å². The van der Waals surface area contributed by atoms with Gasteiger partial charge in [-0.25, -0.2) is 0 Å². The van der Waals surface area contributed by atoms with E-state index in [1.165, 1.54) is 0 Å². The van der Waals surface area contributed by atoms with Gasteiger partial charge in [-0.05, 0) is 43.4 Å². The number of rotatable bonds is 5. The summed E-state index contributed by atoms with van der Waals surface area (Å²) in [7, 11) is 0. The fourth-order valence-electron chi connectivity index (χ4n) is 2.01. The molecule has 1 amide bonds. The average molecular weight is 249 g/mol. The first kappa shape index (κ1) is 14.7. The van der Waals surface area contributed by atoms with Crippen LogP contribution in [0, 0.1) is 19.8 Å². The molecule has 0 saturated carbocycles. The van der Waals surface area contributed by atoms with Gasteiger partial charge >= 0.3 is 0 Å². The lowest BCUT2D eigenvalue weighted by Gasteiger charge is -2.19. The van der Waals surface area contributed by atoms with Gasteiger partial charge in [0.2, 0.25) is 0 Å². The Labute approximate surface area is 109 Å². The normalized spacial score (nSPS) is 12.6. The summed E-state index contributed by atoms with van der Waals surface area (Å²) >= 11 is 0. The molecular weight excluding hydrogens is 226 g/mol. The molecule has 0 bridgehead atoms. The second-order valence-corrected chi connectivity index (χ2v) is 5.23. The minimum Gasteiger partial charge on any atom is -0.394 e. The van der Waals surface area contributed by atoms with Gasteiger partial charge in [-0.2, -0.15) is 0 Å². The standard InChI is InChI=1S/C15H23NO2/c1-10(2)8-13(9-17)16-15(18)14-7-5-6-11(3)12(14)4/h5-7,10,13,17H,8-9H2,1-4H3,(H,16,18). The maximum absolute atomic E-state index is 12.1. The fourth-order valence-corrected chi connectivity index (χ4v) is 2.01. The Morgan fingerprint density at radius 3 is 2.56 bits per heavy atom. The Morgan fingerprint density at radius 1 is 1.33 bits per heavy atom. The van der Waals surface area contributed by atoms with Crippen LogP contribution in [0.25, 0.3) is 0 Å². The summed E-state index contributed by atoms with van der Waals surface area (Å²) in [4.78, 5) is 12.1. The molecule has 0 heterocycles. The van der Waals surface area contributed by atoms with Gasteiger partial charge in [0.1, 0.15) is 0 Å². The maximum atomic E-state index is 12.1. The van der Waals surface area contributed by atoms with Crippen molar-refractivity contribution in [3.63, 3.8) is 0 Å². The number of benzene rings is 1. The number of carbonyl (C=O) groups excluding carboxylic acids is 1. The highest BCUT2D eigenvalue weighted by Gasteiger charge is 2.16. The average Bonchev–Trinajstić information content (AvgIpc) is 2.31. The van der Waals surface area contributed by atoms with Crippen molar-refractivity contribution in [1.29, 1.82) is 0 Å². The first-order chi connectivity index (χ1) is 8.45. The number of aryl methyl sites for hydroxylation is 1. The molecule has 3 nitrogen and oxygen atoms in total. The van der Waals surface area contributed by atoms with Gasteiger partial charge in [0.25, 0.3) is 5.91 Å². The van der Waals surface area contributed by atoms with E-state index < -0.39 is 0 Å². The van der Waals surface area contributed by atoms with Crippen LogP contribution in [0.5, 0.6) is 0 Å². The number of aliphatic hydroxyl groups is 1. The van der Waals surface area contributed by atoms with Gasteiger partial charge in [0.05, 0.1) is 12.6 Å². The molecule has 0 saturated heterocycles. The summed E-state index contributed by atoms with van der Waals surface area (Å²) in [5.41, 5.74) is 2.79. The molecule has 0 aliphatic rings. The van der Waals surface area contributed by atoms with Crippen LogP contribution in [0.3, 0.4) is 0 Å². The van der Waals surface area contributed by atoms with Crippen LogP contribution >= 0.6 is 0 Å². The summed E-state index contributed by atoms with van der Waals surface area (Å²) in [5, 5.41) is 12.2. The zero-order chi connectivity index (χ0) is 13.7. The first-order valence-corrected chi connectivity index (χ1v) is 6.43. The highest BCUT2D eigenvalue weighted by molar-refractivity contribution is 5.96. The molecule has 1 atom stereocenters. The topological polar surface area (TPSA) is 49.3 Å². The van der Waals surface area contributed by atoms with E-state index in [9.17, 15) is 9.90 Å². The summed E-state index contributed by atoms with van der Waals surface area (Å²) in [6.45, 7) is 8.07. The van der Waals surface area contributed by atoms with Crippen molar-refractivity contribution in [2.75, 3.05) is 6.61 Å². The molecule has 100 valence electrons. The Balaban J connectivity index is 2.78. The van der Waals surface area contributed by atoms with E-state index in [4.69, 9.17) is 0 Å². The molecule has 1 unspecified atom stereocenters. The molecule has 1 aromatic carbocycles. The van der Waals surface area contributed by atoms with Crippen LogP contribution in [-0.4, -0.2) is 23.7 Å². The van der Waals surface area contributed by atoms with Crippen LogP contribution in [0.4, 0.5) is 0 Å². The van der Waals surface area contributed by atoms with E-state index in [0.717, 1.165) is 17.5 Å².